The summed E-state index contributed by atoms with van der Waals surface area (Å²) in [7, 11) is 0. The van der Waals surface area contributed by atoms with E-state index in [1.165, 1.54) is 27.8 Å². The number of aromatic nitrogens is 6. The van der Waals surface area contributed by atoms with Crippen molar-refractivity contribution in [1.29, 1.82) is 0 Å². The molecule has 0 saturated carbocycles. The first kappa shape index (κ1) is 25.9. The van der Waals surface area contributed by atoms with Crippen LogP contribution in [0.15, 0.2) is 36.7 Å². The number of hydrogen-bond donors (Lipinski definition) is 1. The molecule has 194 valence electrons. The van der Waals surface area contributed by atoms with Crippen LogP contribution in [-0.2, 0) is 17.7 Å². The van der Waals surface area contributed by atoms with Gasteiger partial charge in [-0.05, 0) is 51.5 Å². The van der Waals surface area contributed by atoms with E-state index < -0.39 is 24.8 Å². The van der Waals surface area contributed by atoms with Gasteiger partial charge in [0.25, 0.3) is 6.43 Å². The number of alkyl halides is 2. The largest absolute Gasteiger partial charge is 0.462 e. The van der Waals surface area contributed by atoms with Gasteiger partial charge in [0.15, 0.2) is 5.82 Å². The van der Waals surface area contributed by atoms with Crippen LogP contribution in [0, 0.1) is 19.7 Å². The highest BCUT2D eigenvalue weighted by atomic mass is 19.3. The Morgan fingerprint density at radius 1 is 1.11 bits per heavy atom. The van der Waals surface area contributed by atoms with Crippen LogP contribution in [0.5, 0.6) is 0 Å². The van der Waals surface area contributed by atoms with E-state index in [1.54, 1.807) is 39.0 Å². The summed E-state index contributed by atoms with van der Waals surface area (Å²) in [5.74, 6) is 0.132. The first-order valence-electron chi connectivity index (χ1n) is 11.7. The topological polar surface area (TPSA) is 99.8 Å². The third kappa shape index (κ3) is 5.32. The van der Waals surface area contributed by atoms with E-state index in [1.807, 2.05) is 6.92 Å². The van der Waals surface area contributed by atoms with Gasteiger partial charge in [-0.15, -0.1) is 0 Å². The summed E-state index contributed by atoms with van der Waals surface area (Å²) in [4.78, 5) is 20.9. The van der Waals surface area contributed by atoms with Crippen LogP contribution in [0.25, 0.3) is 17.1 Å². The molecule has 0 unspecified atom stereocenters. The number of rotatable bonds is 9. The number of aryl methyl sites for hydroxylation is 1. The second kappa shape index (κ2) is 10.8. The molecule has 12 heteroatoms. The average molecular weight is 514 g/mol. The summed E-state index contributed by atoms with van der Waals surface area (Å²) < 4.78 is 48.1. The lowest BCUT2D eigenvalue weighted by Crippen LogP contribution is -2.12. The van der Waals surface area contributed by atoms with Crippen molar-refractivity contribution < 1.29 is 22.7 Å². The van der Waals surface area contributed by atoms with Gasteiger partial charge in [0.05, 0.1) is 23.7 Å². The number of ether oxygens (including phenoxy) is 1. The summed E-state index contributed by atoms with van der Waals surface area (Å²) in [5.41, 5.74) is 3.11. The first-order valence-corrected chi connectivity index (χ1v) is 11.7. The van der Waals surface area contributed by atoms with Crippen molar-refractivity contribution in [3.05, 3.63) is 65.0 Å². The molecule has 0 radical (unpaired) electrons. The molecule has 4 rings (SSSR count). The molecule has 1 aromatic carbocycles. The van der Waals surface area contributed by atoms with E-state index in [9.17, 15) is 18.0 Å². The van der Waals surface area contributed by atoms with Gasteiger partial charge in [-0.25, -0.2) is 37.3 Å². The zero-order valence-electron chi connectivity index (χ0n) is 20.8. The molecule has 1 N–H and O–H groups in total. The number of benzene rings is 1. The molecule has 0 amide bonds. The van der Waals surface area contributed by atoms with Gasteiger partial charge in [-0.1, -0.05) is 6.92 Å². The number of esters is 1. The number of carbonyl (C=O) groups excluding carboxylic acids is 1. The number of nitrogens with zero attached hydrogens (tertiary/aromatic N) is 6. The number of halogens is 3. The standard InChI is InChI=1S/C25H26F3N7O2/c1-5-18-23(16-7-9-17(26)10-8-16)33-34(12-19(27)28)24(18)31-20-11-21(30-13-29-20)35-15(4)22(14(3)32-35)25(36)37-6-2/h7-11,13,19H,5-6,12H2,1-4H3,(H,29,30,31). The summed E-state index contributed by atoms with van der Waals surface area (Å²) >= 11 is 0. The Kier molecular flexibility index (Phi) is 7.55. The number of hydrogen-bond acceptors (Lipinski definition) is 7. The van der Waals surface area contributed by atoms with Gasteiger partial charge in [-0.2, -0.15) is 10.2 Å². The Morgan fingerprint density at radius 3 is 2.49 bits per heavy atom. The molecule has 0 bridgehead atoms. The fraction of sp³-hybridized carbons (Fsp3) is 0.320. The Morgan fingerprint density at radius 2 is 1.84 bits per heavy atom. The lowest BCUT2D eigenvalue weighted by atomic mass is 10.1. The fourth-order valence-electron chi connectivity index (χ4n) is 4.09. The van der Waals surface area contributed by atoms with Gasteiger partial charge >= 0.3 is 5.97 Å². The molecule has 9 nitrogen and oxygen atoms in total. The maximum atomic E-state index is 13.5. The van der Waals surface area contributed by atoms with Gasteiger partial charge in [-0.3, -0.25) is 0 Å². The molecule has 0 fully saturated rings. The van der Waals surface area contributed by atoms with Crippen LogP contribution in [-0.4, -0.2) is 48.5 Å². The lowest BCUT2D eigenvalue weighted by molar-refractivity contribution is 0.0524. The third-order valence-electron chi connectivity index (χ3n) is 5.72. The average Bonchev–Trinajstić information content (AvgIpc) is 3.35. The van der Waals surface area contributed by atoms with Crippen molar-refractivity contribution in [1.82, 2.24) is 29.5 Å². The van der Waals surface area contributed by atoms with E-state index in [2.05, 4.69) is 25.5 Å². The highest BCUT2D eigenvalue weighted by Crippen LogP contribution is 2.32. The molecule has 0 atom stereocenters. The molecule has 3 heterocycles. The number of carbonyl (C=O) groups is 1. The summed E-state index contributed by atoms with van der Waals surface area (Å²) in [5, 5.41) is 11.9. The van der Waals surface area contributed by atoms with Crippen molar-refractivity contribution in [3.8, 4) is 17.1 Å². The normalized spacial score (nSPS) is 11.2. The lowest BCUT2D eigenvalue weighted by Gasteiger charge is -2.12. The summed E-state index contributed by atoms with van der Waals surface area (Å²) in [6.45, 7) is 6.61. The molecule has 4 aromatic rings. The smallest absolute Gasteiger partial charge is 0.341 e. The van der Waals surface area contributed by atoms with E-state index in [-0.39, 0.29) is 6.61 Å². The zero-order valence-corrected chi connectivity index (χ0v) is 20.8. The first-order chi connectivity index (χ1) is 17.7. The maximum Gasteiger partial charge on any atom is 0.341 e. The van der Waals surface area contributed by atoms with Gasteiger partial charge in [0.2, 0.25) is 0 Å². The van der Waals surface area contributed by atoms with Crippen molar-refractivity contribution in [2.45, 2.75) is 47.1 Å². The Labute approximate surface area is 211 Å². The monoisotopic (exact) mass is 513 g/mol. The van der Waals surface area contributed by atoms with Crippen molar-refractivity contribution >= 4 is 17.6 Å². The van der Waals surface area contributed by atoms with Crippen molar-refractivity contribution in [2.24, 2.45) is 0 Å². The zero-order chi connectivity index (χ0) is 26.7. The molecule has 0 aliphatic rings. The predicted octanol–water partition coefficient (Wildman–Crippen LogP) is 5.03. The number of nitrogens with one attached hydrogen (secondary N) is 1. The summed E-state index contributed by atoms with van der Waals surface area (Å²) in [6.07, 6.45) is -0.877. The fourth-order valence-corrected chi connectivity index (χ4v) is 4.09. The van der Waals surface area contributed by atoms with Crippen molar-refractivity contribution in [2.75, 3.05) is 11.9 Å². The minimum Gasteiger partial charge on any atom is -0.462 e. The van der Waals surface area contributed by atoms with Crippen LogP contribution < -0.4 is 5.32 Å². The predicted molar refractivity (Wildman–Crippen MR) is 131 cm³/mol. The second-order valence-corrected chi connectivity index (χ2v) is 8.17. The molecular formula is C25H26F3N7O2. The minimum absolute atomic E-state index is 0.233. The molecule has 3 aromatic heterocycles. The quantitative estimate of drug-likeness (QED) is 0.313. The van der Waals surface area contributed by atoms with Crippen LogP contribution in [0.3, 0.4) is 0 Å². The molecule has 0 saturated heterocycles. The highest BCUT2D eigenvalue weighted by Gasteiger charge is 2.23. The minimum atomic E-state index is -2.65. The Hall–Kier alpha value is -4.22. The van der Waals surface area contributed by atoms with Crippen molar-refractivity contribution in [3.63, 3.8) is 0 Å². The third-order valence-corrected chi connectivity index (χ3v) is 5.72. The maximum absolute atomic E-state index is 13.5. The Balaban J connectivity index is 1.74. The van der Waals surface area contributed by atoms with Gasteiger partial charge in [0.1, 0.15) is 35.9 Å². The molecule has 0 aliphatic heterocycles. The highest BCUT2D eigenvalue weighted by molar-refractivity contribution is 5.92. The van der Waals surface area contributed by atoms with Crippen LogP contribution in [0.2, 0.25) is 0 Å². The Bertz CT molecular complexity index is 1410. The second-order valence-electron chi connectivity index (χ2n) is 8.17. The van der Waals surface area contributed by atoms with E-state index in [0.717, 1.165) is 0 Å². The molecule has 37 heavy (non-hydrogen) atoms. The van der Waals surface area contributed by atoms with E-state index in [0.29, 0.717) is 57.6 Å². The van der Waals surface area contributed by atoms with E-state index >= 15 is 0 Å². The molecular weight excluding hydrogens is 487 g/mol. The summed E-state index contributed by atoms with van der Waals surface area (Å²) in [6, 6.07) is 7.29. The number of anilines is 2. The van der Waals surface area contributed by atoms with Crippen LogP contribution in [0.1, 0.15) is 41.2 Å². The SMILES string of the molecule is CCOC(=O)c1c(C)nn(-c2cc(Nc3c(CC)c(-c4ccc(F)cc4)nn3CC(F)F)ncn2)c1C. The van der Waals surface area contributed by atoms with Crippen LogP contribution >= 0.6 is 0 Å². The van der Waals surface area contributed by atoms with Gasteiger partial charge < -0.3 is 10.1 Å². The molecule has 0 spiro atoms. The van der Waals surface area contributed by atoms with E-state index in [4.69, 9.17) is 4.74 Å². The molecule has 0 aliphatic carbocycles. The van der Waals surface area contributed by atoms with Gasteiger partial charge in [0, 0.05) is 17.2 Å². The van der Waals surface area contributed by atoms with Crippen LogP contribution in [0.4, 0.5) is 24.8 Å².